The number of hydrogen-bond donors (Lipinski definition) is 0. The van der Waals surface area contributed by atoms with Gasteiger partial charge in [0.05, 0.1) is 0 Å². The molecule has 0 aliphatic carbocycles. The summed E-state index contributed by atoms with van der Waals surface area (Å²) in [5.41, 5.74) is 0. The van der Waals surface area contributed by atoms with E-state index in [0.717, 1.165) is 19.6 Å². The lowest BCUT2D eigenvalue weighted by molar-refractivity contribution is 0.184. The molecule has 0 bridgehead atoms. The maximum atomic E-state index is 6.59. The summed E-state index contributed by atoms with van der Waals surface area (Å²) in [7, 11) is -3.04. The van der Waals surface area contributed by atoms with E-state index >= 15 is 0 Å². The van der Waals surface area contributed by atoms with Crippen LogP contribution in [0.15, 0.2) is 0 Å². The summed E-state index contributed by atoms with van der Waals surface area (Å²) < 4.78 is 27.3. The Bertz CT molecular complexity index is 419. The van der Waals surface area contributed by atoms with E-state index in [-0.39, 0.29) is 0 Å². The van der Waals surface area contributed by atoms with Gasteiger partial charge in [0, 0.05) is 37.8 Å². The molecule has 0 aromatic carbocycles. The second-order valence-electron chi connectivity index (χ2n) is 8.48. The van der Waals surface area contributed by atoms with Crippen LogP contribution in [0.4, 0.5) is 0 Å². The van der Waals surface area contributed by atoms with Crippen LogP contribution in [0.5, 0.6) is 0 Å². The lowest BCUT2D eigenvalue weighted by Crippen LogP contribution is -2.39. The van der Waals surface area contributed by atoms with E-state index < -0.39 is 25.6 Å². The maximum Gasteiger partial charge on any atom is 0.271 e. The van der Waals surface area contributed by atoms with Crippen LogP contribution >= 0.6 is 25.6 Å². The molecular weight excluding hydrogens is 399 g/mol. The molecule has 9 heteroatoms. The molecule has 27 heavy (non-hydrogen) atoms. The highest BCUT2D eigenvalue weighted by Crippen LogP contribution is 2.76. The Balaban J connectivity index is 1.52. The zero-order valence-electron chi connectivity index (χ0n) is 17.1. The van der Waals surface area contributed by atoms with Gasteiger partial charge >= 0.3 is 0 Å². The zero-order valence-corrected chi connectivity index (χ0v) is 19.8. The summed E-state index contributed by atoms with van der Waals surface area (Å²) >= 11 is 0. The van der Waals surface area contributed by atoms with Crippen LogP contribution in [-0.4, -0.2) is 51.8 Å². The molecule has 4 saturated heterocycles. The molecule has 4 heterocycles. The molecule has 0 spiro atoms. The smallest absolute Gasteiger partial charge is 0.257 e. The first-order valence-corrected chi connectivity index (χ1v) is 14.3. The fourth-order valence-corrected chi connectivity index (χ4v) is 11.6. The fraction of sp³-hybridized carbons (Fsp3) is 1.00. The molecule has 4 aliphatic heterocycles. The van der Waals surface area contributed by atoms with E-state index in [1.807, 2.05) is 0 Å². The zero-order chi connectivity index (χ0) is 18.8. The van der Waals surface area contributed by atoms with Crippen molar-refractivity contribution in [3.05, 3.63) is 0 Å². The van der Waals surface area contributed by atoms with Crippen molar-refractivity contribution >= 4 is 25.6 Å². The minimum absolute atomic E-state index is 0.550. The van der Waals surface area contributed by atoms with Gasteiger partial charge < -0.3 is 0 Å². The van der Waals surface area contributed by atoms with Crippen molar-refractivity contribution in [2.45, 2.75) is 96.7 Å². The van der Waals surface area contributed by atoms with E-state index in [4.69, 9.17) is 12.9 Å². The lowest BCUT2D eigenvalue weighted by Gasteiger charge is -2.48. The molecular formula is C18H36N3O3P3. The van der Waals surface area contributed by atoms with E-state index in [1.165, 1.54) is 57.8 Å². The topological polar surface area (TPSA) is 37.4 Å². The Morgan fingerprint density at radius 1 is 0.519 bits per heavy atom. The van der Waals surface area contributed by atoms with Gasteiger partial charge in [-0.3, -0.25) is 12.9 Å². The largest absolute Gasteiger partial charge is 0.271 e. The van der Waals surface area contributed by atoms with E-state index in [0.29, 0.717) is 18.1 Å². The second-order valence-corrected chi connectivity index (χ2v) is 13.4. The minimum Gasteiger partial charge on any atom is -0.257 e. The summed E-state index contributed by atoms with van der Waals surface area (Å²) in [6.45, 7) is 10.3. The van der Waals surface area contributed by atoms with Gasteiger partial charge in [-0.15, -0.1) is 0 Å². The van der Waals surface area contributed by atoms with E-state index in [1.54, 1.807) is 0 Å². The molecule has 0 amide bonds. The summed E-state index contributed by atoms with van der Waals surface area (Å²) in [5, 5.41) is 0. The monoisotopic (exact) mass is 435 g/mol. The Labute approximate surface area is 169 Å². The predicted molar refractivity (Wildman–Crippen MR) is 114 cm³/mol. The van der Waals surface area contributed by atoms with Crippen LogP contribution < -0.4 is 0 Å². The van der Waals surface area contributed by atoms with Crippen LogP contribution in [-0.2, 0) is 12.9 Å². The predicted octanol–water partition coefficient (Wildman–Crippen LogP) is 6.35. The van der Waals surface area contributed by atoms with Crippen LogP contribution in [0.2, 0.25) is 0 Å². The van der Waals surface area contributed by atoms with Gasteiger partial charge in [-0.2, -0.15) is 0 Å². The van der Waals surface area contributed by atoms with Gasteiger partial charge in [0.25, 0.3) is 25.6 Å². The van der Waals surface area contributed by atoms with Gasteiger partial charge in [-0.1, -0.05) is 19.3 Å². The molecule has 0 radical (unpaired) electrons. The first kappa shape index (κ1) is 21.3. The Hall–Kier alpha value is 1.05. The number of nitrogens with zero attached hydrogens (tertiary/aromatic N) is 3. The number of rotatable bonds is 3. The summed E-state index contributed by atoms with van der Waals surface area (Å²) in [6.07, 6.45) is 11.5. The quantitative estimate of drug-likeness (QED) is 0.481. The van der Waals surface area contributed by atoms with E-state index in [9.17, 15) is 0 Å². The summed E-state index contributed by atoms with van der Waals surface area (Å²) in [4.78, 5) is 0. The molecule has 4 rings (SSSR count). The van der Waals surface area contributed by atoms with Crippen molar-refractivity contribution in [2.24, 2.45) is 0 Å². The van der Waals surface area contributed by atoms with Crippen LogP contribution in [0.3, 0.4) is 0 Å². The highest BCUT2D eigenvalue weighted by atomic mass is 31.3. The van der Waals surface area contributed by atoms with Crippen molar-refractivity contribution in [1.82, 2.24) is 14.0 Å². The third-order valence-corrected chi connectivity index (χ3v) is 12.7. The first-order chi connectivity index (χ1) is 13.1. The van der Waals surface area contributed by atoms with Crippen molar-refractivity contribution in [3.8, 4) is 0 Å². The van der Waals surface area contributed by atoms with Gasteiger partial charge in [0.1, 0.15) is 0 Å². The lowest BCUT2D eigenvalue weighted by atomic mass is 10.1. The molecule has 156 valence electrons. The molecule has 0 aromatic heterocycles. The maximum absolute atomic E-state index is 6.59. The molecule has 3 atom stereocenters. The third kappa shape index (κ3) is 5.04. The molecule has 0 aromatic rings. The van der Waals surface area contributed by atoms with Crippen molar-refractivity contribution < 1.29 is 12.9 Å². The summed E-state index contributed by atoms with van der Waals surface area (Å²) in [5.74, 6) is 0. The Morgan fingerprint density at radius 3 is 1.07 bits per heavy atom. The number of hydrogen-bond acceptors (Lipinski definition) is 6. The van der Waals surface area contributed by atoms with Crippen LogP contribution in [0.1, 0.15) is 78.6 Å². The number of piperidine rings is 3. The molecule has 0 saturated carbocycles. The average molecular weight is 435 g/mol. The fourth-order valence-electron chi connectivity index (χ4n) is 4.48. The van der Waals surface area contributed by atoms with Crippen LogP contribution in [0.25, 0.3) is 0 Å². The Kier molecular flexibility index (Phi) is 7.81. The molecule has 3 unspecified atom stereocenters. The van der Waals surface area contributed by atoms with Crippen molar-refractivity contribution in [2.75, 3.05) is 19.6 Å². The molecule has 6 nitrogen and oxygen atoms in total. The van der Waals surface area contributed by atoms with Crippen molar-refractivity contribution in [3.63, 3.8) is 0 Å². The van der Waals surface area contributed by atoms with Crippen molar-refractivity contribution in [1.29, 1.82) is 0 Å². The standard InChI is InChI=1S/C18H36N3O3P3/c1-16-10-4-7-13-19(16)25-22-26(20-14-8-5-11-17(20)2)24-27(23-25)21-15-9-6-12-18(21)3/h16-18H,4-15H2,1-3H3. The van der Waals surface area contributed by atoms with Gasteiger partial charge in [0.2, 0.25) is 0 Å². The normalized spacial score (nSPS) is 43.7. The van der Waals surface area contributed by atoms with E-state index in [2.05, 4.69) is 34.8 Å². The van der Waals surface area contributed by atoms with Gasteiger partial charge in [0.15, 0.2) is 0 Å². The highest BCUT2D eigenvalue weighted by molar-refractivity contribution is 7.71. The minimum atomic E-state index is -1.01. The third-order valence-electron chi connectivity index (χ3n) is 6.35. The second kappa shape index (κ2) is 9.90. The van der Waals surface area contributed by atoms with Gasteiger partial charge in [-0.05, 0) is 59.3 Å². The SMILES string of the molecule is CC1CCCCN1P1OP(N2CCCCC2C)OP(N2CCCCC2C)O1. The van der Waals surface area contributed by atoms with Crippen LogP contribution in [0, 0.1) is 0 Å². The molecule has 0 N–H and O–H groups in total. The highest BCUT2D eigenvalue weighted by Gasteiger charge is 2.46. The molecule has 4 aliphatic rings. The average Bonchev–Trinajstić information content (AvgIpc) is 2.69. The first-order valence-electron chi connectivity index (χ1n) is 10.9. The Morgan fingerprint density at radius 2 is 0.815 bits per heavy atom. The van der Waals surface area contributed by atoms with Gasteiger partial charge in [-0.25, -0.2) is 14.0 Å². The summed E-state index contributed by atoms with van der Waals surface area (Å²) in [6, 6.07) is 1.65. The molecule has 4 fully saturated rings.